The molecule has 0 saturated carbocycles. The molecule has 1 aromatic rings. The number of nitrogens with two attached hydrogens (primary N) is 1. The summed E-state index contributed by atoms with van der Waals surface area (Å²) in [6, 6.07) is -0.0829. The molecule has 0 aliphatic carbocycles. The lowest BCUT2D eigenvalue weighted by molar-refractivity contribution is -0.118. The van der Waals surface area contributed by atoms with Gasteiger partial charge < -0.3 is 16.0 Å². The third kappa shape index (κ3) is 4.27. The molecule has 0 bridgehead atoms. The second-order valence-corrected chi connectivity index (χ2v) is 4.92. The van der Waals surface area contributed by atoms with E-state index in [2.05, 4.69) is 24.3 Å². The van der Waals surface area contributed by atoms with E-state index in [0.717, 1.165) is 0 Å². The van der Waals surface area contributed by atoms with E-state index >= 15 is 0 Å². The third-order valence-electron chi connectivity index (χ3n) is 3.10. The topological polar surface area (TPSA) is 93.2 Å². The molecular weight excluding hydrogens is 246 g/mol. The summed E-state index contributed by atoms with van der Waals surface area (Å²) in [5.74, 6) is -0.111. The fraction of sp³-hybridized carbons (Fsp3) is 0.583. The van der Waals surface area contributed by atoms with E-state index in [1.165, 1.54) is 10.9 Å². The minimum absolute atomic E-state index is 0.00585. The molecule has 3 amide bonds. The molecule has 0 radical (unpaired) electrons. The summed E-state index contributed by atoms with van der Waals surface area (Å²) in [6.07, 6.45) is 3.05. The SMILES string of the molecule is CC(C)[C@@H](C)N(C)C(=O)Nc1cnn(CC(N)=O)c1. The molecule has 1 rings (SSSR count). The first-order chi connectivity index (χ1) is 8.81. The van der Waals surface area contributed by atoms with Crippen molar-refractivity contribution in [3.63, 3.8) is 0 Å². The number of carbonyl (C=O) groups excluding carboxylic acids is 2. The molecule has 0 fully saturated rings. The first-order valence-electron chi connectivity index (χ1n) is 6.15. The lowest BCUT2D eigenvalue weighted by Gasteiger charge is -2.27. The zero-order chi connectivity index (χ0) is 14.6. The summed E-state index contributed by atoms with van der Waals surface area (Å²) in [7, 11) is 1.74. The predicted molar refractivity (Wildman–Crippen MR) is 72.5 cm³/mol. The summed E-state index contributed by atoms with van der Waals surface area (Å²) < 4.78 is 1.38. The van der Waals surface area contributed by atoms with Crippen molar-refractivity contribution in [1.82, 2.24) is 14.7 Å². The van der Waals surface area contributed by atoms with E-state index < -0.39 is 5.91 Å². The maximum atomic E-state index is 12.0. The summed E-state index contributed by atoms with van der Waals surface area (Å²) in [4.78, 5) is 24.3. The van der Waals surface area contributed by atoms with E-state index in [0.29, 0.717) is 11.6 Å². The van der Waals surface area contributed by atoms with Gasteiger partial charge in [0.15, 0.2) is 0 Å². The van der Waals surface area contributed by atoms with E-state index in [1.54, 1.807) is 18.1 Å². The fourth-order valence-electron chi connectivity index (χ4n) is 1.52. The van der Waals surface area contributed by atoms with Gasteiger partial charge in [0, 0.05) is 19.3 Å². The molecule has 19 heavy (non-hydrogen) atoms. The Morgan fingerprint density at radius 2 is 2.11 bits per heavy atom. The highest BCUT2D eigenvalue weighted by Gasteiger charge is 2.18. The summed E-state index contributed by atoms with van der Waals surface area (Å²) in [5.41, 5.74) is 5.60. The van der Waals surface area contributed by atoms with Crippen LogP contribution < -0.4 is 11.1 Å². The molecule has 7 heteroatoms. The van der Waals surface area contributed by atoms with Gasteiger partial charge in [-0.3, -0.25) is 9.48 Å². The Hall–Kier alpha value is -2.05. The van der Waals surface area contributed by atoms with Gasteiger partial charge in [-0.2, -0.15) is 5.10 Å². The fourth-order valence-corrected chi connectivity index (χ4v) is 1.52. The number of hydrogen-bond acceptors (Lipinski definition) is 3. The van der Waals surface area contributed by atoms with Gasteiger partial charge in [0.1, 0.15) is 6.54 Å². The average molecular weight is 267 g/mol. The smallest absolute Gasteiger partial charge is 0.321 e. The Bertz CT molecular complexity index is 455. The third-order valence-corrected chi connectivity index (χ3v) is 3.10. The highest BCUT2D eigenvalue weighted by molar-refractivity contribution is 5.89. The number of amides is 3. The van der Waals surface area contributed by atoms with Gasteiger partial charge in [-0.25, -0.2) is 4.79 Å². The van der Waals surface area contributed by atoms with E-state index in [-0.39, 0.29) is 18.6 Å². The number of anilines is 1. The molecule has 0 aromatic carbocycles. The van der Waals surface area contributed by atoms with Crippen LogP contribution in [0, 0.1) is 5.92 Å². The van der Waals surface area contributed by atoms with Crippen LogP contribution >= 0.6 is 0 Å². The van der Waals surface area contributed by atoms with Gasteiger partial charge in [-0.1, -0.05) is 13.8 Å². The number of nitrogens with zero attached hydrogens (tertiary/aromatic N) is 3. The zero-order valence-electron chi connectivity index (χ0n) is 11.8. The lowest BCUT2D eigenvalue weighted by Crippen LogP contribution is -2.40. The Balaban J connectivity index is 2.61. The molecule has 0 saturated heterocycles. The number of aromatic nitrogens is 2. The highest BCUT2D eigenvalue weighted by atomic mass is 16.2. The monoisotopic (exact) mass is 267 g/mol. The largest absolute Gasteiger partial charge is 0.368 e. The van der Waals surface area contributed by atoms with Crippen molar-refractivity contribution in [2.24, 2.45) is 11.7 Å². The number of hydrogen-bond donors (Lipinski definition) is 2. The lowest BCUT2D eigenvalue weighted by atomic mass is 10.1. The molecule has 0 spiro atoms. The first-order valence-corrected chi connectivity index (χ1v) is 6.15. The van der Waals surface area contributed by atoms with Gasteiger partial charge in [0.25, 0.3) is 0 Å². The van der Waals surface area contributed by atoms with Crippen molar-refractivity contribution in [2.45, 2.75) is 33.4 Å². The van der Waals surface area contributed by atoms with Gasteiger partial charge >= 0.3 is 6.03 Å². The predicted octanol–water partition coefficient (Wildman–Crippen LogP) is 0.877. The molecular formula is C12H21N5O2. The zero-order valence-corrected chi connectivity index (χ0v) is 11.8. The van der Waals surface area contributed by atoms with Crippen LogP contribution in [0.15, 0.2) is 12.4 Å². The standard InChI is InChI=1S/C12H21N5O2/c1-8(2)9(3)16(4)12(19)15-10-5-14-17(6-10)7-11(13)18/h5-6,8-9H,7H2,1-4H3,(H2,13,18)(H,15,19)/t9-/m1/s1. The highest BCUT2D eigenvalue weighted by Crippen LogP contribution is 2.11. The summed E-state index contributed by atoms with van der Waals surface area (Å²) >= 11 is 0. The quantitative estimate of drug-likeness (QED) is 0.829. The van der Waals surface area contributed by atoms with Gasteiger partial charge in [-0.15, -0.1) is 0 Å². The van der Waals surface area contributed by atoms with Gasteiger partial charge in [-0.05, 0) is 12.8 Å². The molecule has 1 heterocycles. The van der Waals surface area contributed by atoms with Crippen molar-refractivity contribution < 1.29 is 9.59 Å². The van der Waals surface area contributed by atoms with Crippen LogP contribution in [0.5, 0.6) is 0 Å². The van der Waals surface area contributed by atoms with Crippen LogP contribution in [-0.2, 0) is 11.3 Å². The molecule has 3 N–H and O–H groups in total. The number of urea groups is 1. The molecule has 1 atom stereocenters. The van der Waals surface area contributed by atoms with Crippen molar-refractivity contribution >= 4 is 17.6 Å². The Morgan fingerprint density at radius 1 is 1.47 bits per heavy atom. The number of nitrogens with one attached hydrogen (secondary N) is 1. The minimum atomic E-state index is -0.480. The maximum absolute atomic E-state index is 12.0. The minimum Gasteiger partial charge on any atom is -0.368 e. The van der Waals surface area contributed by atoms with Crippen LogP contribution in [0.4, 0.5) is 10.5 Å². The molecule has 7 nitrogen and oxygen atoms in total. The maximum Gasteiger partial charge on any atom is 0.321 e. The number of rotatable bonds is 5. The van der Waals surface area contributed by atoms with Crippen LogP contribution in [0.25, 0.3) is 0 Å². The van der Waals surface area contributed by atoms with E-state index in [4.69, 9.17) is 5.73 Å². The van der Waals surface area contributed by atoms with E-state index in [9.17, 15) is 9.59 Å². The van der Waals surface area contributed by atoms with E-state index in [1.807, 2.05) is 6.92 Å². The first kappa shape index (κ1) is 15.0. The molecule has 106 valence electrons. The van der Waals surface area contributed by atoms with Crippen molar-refractivity contribution in [3.8, 4) is 0 Å². The molecule has 1 aromatic heterocycles. The van der Waals surface area contributed by atoms with Gasteiger partial charge in [0.05, 0.1) is 11.9 Å². The van der Waals surface area contributed by atoms with Crippen molar-refractivity contribution in [2.75, 3.05) is 12.4 Å². The molecule has 0 aliphatic heterocycles. The van der Waals surface area contributed by atoms with Crippen LogP contribution in [-0.4, -0.2) is 39.7 Å². The number of carbonyl (C=O) groups is 2. The Morgan fingerprint density at radius 3 is 2.63 bits per heavy atom. The van der Waals surface area contributed by atoms with Gasteiger partial charge in [0.2, 0.25) is 5.91 Å². The molecule has 0 aliphatic rings. The van der Waals surface area contributed by atoms with Crippen LogP contribution in [0.2, 0.25) is 0 Å². The second kappa shape index (κ2) is 6.21. The molecule has 0 unspecified atom stereocenters. The normalized spacial score (nSPS) is 12.3. The van der Waals surface area contributed by atoms with Crippen molar-refractivity contribution in [1.29, 1.82) is 0 Å². The average Bonchev–Trinajstić information content (AvgIpc) is 2.73. The number of primary amides is 1. The summed E-state index contributed by atoms with van der Waals surface area (Å²) in [6.45, 7) is 6.09. The second-order valence-electron chi connectivity index (χ2n) is 4.92. The Kier molecular flexibility index (Phi) is 4.91. The summed E-state index contributed by atoms with van der Waals surface area (Å²) in [5, 5.41) is 6.65. The van der Waals surface area contributed by atoms with Crippen molar-refractivity contribution in [3.05, 3.63) is 12.4 Å². The Labute approximate surface area is 112 Å². The van der Waals surface area contributed by atoms with Crippen LogP contribution in [0.1, 0.15) is 20.8 Å². The van der Waals surface area contributed by atoms with Crippen LogP contribution in [0.3, 0.4) is 0 Å².